The summed E-state index contributed by atoms with van der Waals surface area (Å²) in [5, 5.41) is 12.4. The summed E-state index contributed by atoms with van der Waals surface area (Å²) in [6.45, 7) is 5.06. The van der Waals surface area contributed by atoms with Crippen LogP contribution in [-0.4, -0.2) is 16.8 Å². The highest BCUT2D eigenvalue weighted by Crippen LogP contribution is 2.23. The van der Waals surface area contributed by atoms with E-state index in [9.17, 15) is 14.7 Å². The van der Waals surface area contributed by atoms with E-state index in [0.717, 1.165) is 16.7 Å². The second-order valence-electron chi connectivity index (χ2n) is 5.46. The third-order valence-electron chi connectivity index (χ3n) is 3.41. The van der Waals surface area contributed by atoms with E-state index in [4.69, 9.17) is 0 Å². The average Bonchev–Trinajstić information content (AvgIpc) is 2.49. The van der Waals surface area contributed by atoms with E-state index in [1.54, 1.807) is 30.3 Å². The molecule has 118 valence electrons. The Morgan fingerprint density at radius 1 is 1.09 bits per heavy atom. The Kier molecular flexibility index (Phi) is 4.96. The van der Waals surface area contributed by atoms with Gasteiger partial charge in [-0.2, -0.15) is 0 Å². The molecule has 0 fully saturated rings. The van der Waals surface area contributed by atoms with E-state index in [-0.39, 0.29) is 17.4 Å². The van der Waals surface area contributed by atoms with Gasteiger partial charge in [0.2, 0.25) is 5.91 Å². The molecule has 0 saturated carbocycles. The average molecular weight is 309 g/mol. The van der Waals surface area contributed by atoms with Crippen molar-refractivity contribution in [3.05, 3.63) is 64.7 Å². The van der Waals surface area contributed by atoms with Crippen LogP contribution in [0, 0.1) is 13.8 Å². The van der Waals surface area contributed by atoms with Crippen molar-refractivity contribution in [3.63, 3.8) is 0 Å². The van der Waals surface area contributed by atoms with E-state index in [1.165, 1.54) is 13.0 Å². The maximum absolute atomic E-state index is 12.2. The van der Waals surface area contributed by atoms with Crippen LogP contribution < -0.4 is 5.32 Å². The number of carbonyl (C=O) groups excluding carboxylic acids is 2. The summed E-state index contributed by atoms with van der Waals surface area (Å²) in [6.07, 6.45) is 3.20. The molecule has 4 nitrogen and oxygen atoms in total. The molecule has 1 amide bonds. The first-order chi connectivity index (χ1) is 10.9. The van der Waals surface area contributed by atoms with Gasteiger partial charge in [0.05, 0.1) is 0 Å². The monoisotopic (exact) mass is 309 g/mol. The fourth-order valence-corrected chi connectivity index (χ4v) is 2.31. The normalized spacial score (nSPS) is 10.7. The Labute approximate surface area is 135 Å². The number of carbonyl (C=O) groups is 2. The number of phenols is 1. The summed E-state index contributed by atoms with van der Waals surface area (Å²) >= 11 is 0. The largest absolute Gasteiger partial charge is 0.507 e. The van der Waals surface area contributed by atoms with Crippen LogP contribution in [0.3, 0.4) is 0 Å². The molecule has 2 aromatic rings. The lowest BCUT2D eigenvalue weighted by molar-refractivity contribution is -0.114. The zero-order valence-electron chi connectivity index (χ0n) is 13.4. The molecule has 2 N–H and O–H groups in total. The maximum Gasteiger partial charge on any atom is 0.221 e. The van der Waals surface area contributed by atoms with E-state index in [0.29, 0.717) is 11.3 Å². The molecule has 0 spiro atoms. The third-order valence-corrected chi connectivity index (χ3v) is 3.41. The lowest BCUT2D eigenvalue weighted by Gasteiger charge is -2.05. The Bertz CT molecular complexity index is 768. The highest BCUT2D eigenvalue weighted by molar-refractivity contribution is 6.07. The topological polar surface area (TPSA) is 66.4 Å². The van der Waals surface area contributed by atoms with Gasteiger partial charge >= 0.3 is 0 Å². The van der Waals surface area contributed by atoms with Crippen molar-refractivity contribution < 1.29 is 14.7 Å². The fourth-order valence-electron chi connectivity index (χ4n) is 2.31. The second kappa shape index (κ2) is 6.92. The van der Waals surface area contributed by atoms with Crippen molar-refractivity contribution in [1.29, 1.82) is 0 Å². The molecule has 23 heavy (non-hydrogen) atoms. The Morgan fingerprint density at radius 2 is 1.74 bits per heavy atom. The van der Waals surface area contributed by atoms with Gasteiger partial charge in [-0.3, -0.25) is 9.59 Å². The van der Waals surface area contributed by atoms with Crippen LogP contribution >= 0.6 is 0 Å². The van der Waals surface area contributed by atoms with Crippen molar-refractivity contribution in [1.82, 2.24) is 0 Å². The summed E-state index contributed by atoms with van der Waals surface area (Å²) in [6, 6.07) is 10.4. The number of amides is 1. The molecule has 0 aromatic heterocycles. The van der Waals surface area contributed by atoms with Crippen molar-refractivity contribution in [3.8, 4) is 5.75 Å². The number of ketones is 1. The number of aryl methyl sites for hydroxylation is 2. The molecule has 0 saturated heterocycles. The van der Waals surface area contributed by atoms with E-state index in [1.807, 2.05) is 26.0 Å². The van der Waals surface area contributed by atoms with Crippen LogP contribution in [0.4, 0.5) is 5.69 Å². The first-order valence-corrected chi connectivity index (χ1v) is 7.27. The Balaban J connectivity index is 2.20. The van der Waals surface area contributed by atoms with E-state index in [2.05, 4.69) is 5.32 Å². The standard InChI is InChI=1S/C19H19NO3/c1-12-9-15(10-13(2)19(12)23)7-8-18(22)16-5-4-6-17(11-16)20-14(3)21/h4-11,23H,1-3H3,(H,20,21)/b8-7-. The third kappa shape index (κ3) is 4.30. The molecule has 0 aliphatic rings. The minimum atomic E-state index is -0.180. The highest BCUT2D eigenvalue weighted by Gasteiger charge is 2.05. The lowest BCUT2D eigenvalue weighted by Crippen LogP contribution is -2.06. The van der Waals surface area contributed by atoms with Gasteiger partial charge in [-0.05, 0) is 60.9 Å². The molecule has 0 heterocycles. The zero-order valence-corrected chi connectivity index (χ0v) is 13.4. The number of hydrogen-bond donors (Lipinski definition) is 2. The first kappa shape index (κ1) is 16.5. The highest BCUT2D eigenvalue weighted by atomic mass is 16.3. The number of nitrogens with one attached hydrogen (secondary N) is 1. The van der Waals surface area contributed by atoms with Crippen LogP contribution in [-0.2, 0) is 4.79 Å². The van der Waals surface area contributed by atoms with Gasteiger partial charge in [-0.25, -0.2) is 0 Å². The number of rotatable bonds is 4. The SMILES string of the molecule is CC(=O)Nc1cccc(C(=O)/C=C\c2cc(C)c(O)c(C)c2)c1. The molecule has 2 aromatic carbocycles. The predicted octanol–water partition coefficient (Wildman–Crippen LogP) is 3.86. The summed E-state index contributed by atoms with van der Waals surface area (Å²) < 4.78 is 0. The van der Waals surface area contributed by atoms with Gasteiger partial charge in [-0.15, -0.1) is 0 Å². The van der Waals surface area contributed by atoms with Crippen molar-refractivity contribution in [2.45, 2.75) is 20.8 Å². The number of phenolic OH excluding ortho intramolecular Hbond substituents is 1. The van der Waals surface area contributed by atoms with Gasteiger partial charge in [-0.1, -0.05) is 18.2 Å². The number of hydrogen-bond acceptors (Lipinski definition) is 3. The van der Waals surface area contributed by atoms with Gasteiger partial charge in [0.1, 0.15) is 5.75 Å². The van der Waals surface area contributed by atoms with Gasteiger partial charge in [0, 0.05) is 18.2 Å². The summed E-state index contributed by atoms with van der Waals surface area (Å²) in [4.78, 5) is 23.3. The molecule has 0 atom stereocenters. The molecule has 0 bridgehead atoms. The fraction of sp³-hybridized carbons (Fsp3) is 0.158. The lowest BCUT2D eigenvalue weighted by atomic mass is 10.0. The maximum atomic E-state index is 12.2. The van der Waals surface area contributed by atoms with Crippen molar-refractivity contribution in [2.75, 3.05) is 5.32 Å². The number of benzene rings is 2. The second-order valence-corrected chi connectivity index (χ2v) is 5.46. The van der Waals surface area contributed by atoms with E-state index < -0.39 is 0 Å². The van der Waals surface area contributed by atoms with Crippen LogP contribution in [0.2, 0.25) is 0 Å². The minimum Gasteiger partial charge on any atom is -0.507 e. The quantitative estimate of drug-likeness (QED) is 0.665. The number of aromatic hydroxyl groups is 1. The summed E-state index contributed by atoms with van der Waals surface area (Å²) in [7, 11) is 0. The van der Waals surface area contributed by atoms with E-state index >= 15 is 0 Å². The van der Waals surface area contributed by atoms with Gasteiger partial charge in [0.25, 0.3) is 0 Å². The van der Waals surface area contributed by atoms with Gasteiger partial charge in [0.15, 0.2) is 5.78 Å². The first-order valence-electron chi connectivity index (χ1n) is 7.27. The van der Waals surface area contributed by atoms with Crippen LogP contribution in [0.1, 0.15) is 34.0 Å². The predicted molar refractivity (Wildman–Crippen MR) is 91.7 cm³/mol. The number of allylic oxidation sites excluding steroid dienone is 1. The molecule has 2 rings (SSSR count). The van der Waals surface area contributed by atoms with Gasteiger partial charge < -0.3 is 10.4 Å². The minimum absolute atomic E-state index is 0.152. The number of anilines is 1. The zero-order chi connectivity index (χ0) is 17.0. The Morgan fingerprint density at radius 3 is 2.35 bits per heavy atom. The molecular formula is C19H19NO3. The van der Waals surface area contributed by atoms with Crippen molar-refractivity contribution in [2.24, 2.45) is 0 Å². The molecular weight excluding hydrogens is 290 g/mol. The molecule has 0 aliphatic heterocycles. The summed E-state index contributed by atoms with van der Waals surface area (Å²) in [5.74, 6) is -0.0581. The Hall–Kier alpha value is -2.88. The van der Waals surface area contributed by atoms with Crippen LogP contribution in [0.5, 0.6) is 5.75 Å². The van der Waals surface area contributed by atoms with Crippen LogP contribution in [0.25, 0.3) is 6.08 Å². The summed E-state index contributed by atoms with van der Waals surface area (Å²) in [5.41, 5.74) is 3.48. The molecule has 4 heteroatoms. The molecule has 0 aliphatic carbocycles. The smallest absolute Gasteiger partial charge is 0.221 e. The van der Waals surface area contributed by atoms with Crippen LogP contribution in [0.15, 0.2) is 42.5 Å². The molecule has 0 unspecified atom stereocenters. The van der Waals surface area contributed by atoms with Crippen molar-refractivity contribution >= 4 is 23.5 Å². The molecule has 0 radical (unpaired) electrons.